The van der Waals surface area contributed by atoms with E-state index >= 15 is 0 Å². The first-order valence-electron chi connectivity index (χ1n) is 6.91. The summed E-state index contributed by atoms with van der Waals surface area (Å²) in [7, 11) is 0. The Bertz CT molecular complexity index is 684. The largest absolute Gasteiger partial charge is 0.492 e. The summed E-state index contributed by atoms with van der Waals surface area (Å²) in [5.41, 5.74) is 3.04. The number of ether oxygens (including phenoxy) is 1. The van der Waals surface area contributed by atoms with Crippen LogP contribution in [0.15, 0.2) is 46.9 Å². The van der Waals surface area contributed by atoms with Crippen molar-refractivity contribution in [1.82, 2.24) is 0 Å². The van der Waals surface area contributed by atoms with E-state index < -0.39 is 0 Å². The summed E-state index contributed by atoms with van der Waals surface area (Å²) in [5.74, 6) is 0.736. The second-order valence-electron chi connectivity index (χ2n) is 5.27. The molecule has 0 aliphatic carbocycles. The molecule has 0 saturated carbocycles. The lowest BCUT2D eigenvalue weighted by molar-refractivity contribution is -0.121. The molecular weight excluding hydrogens is 330 g/mol. The fourth-order valence-electron chi connectivity index (χ4n) is 2.41. The maximum absolute atomic E-state index is 12.4. The molecule has 2 aromatic carbocycles. The van der Waals surface area contributed by atoms with Crippen molar-refractivity contribution in [3.05, 3.63) is 58.1 Å². The lowest BCUT2D eigenvalue weighted by Gasteiger charge is -2.24. The Morgan fingerprint density at radius 3 is 2.90 bits per heavy atom. The number of para-hydroxylation sites is 1. The van der Waals surface area contributed by atoms with Crippen LogP contribution in [0.25, 0.3) is 0 Å². The molecule has 0 radical (unpaired) electrons. The summed E-state index contributed by atoms with van der Waals surface area (Å²) in [6.45, 7) is 2.44. The van der Waals surface area contributed by atoms with Gasteiger partial charge in [0.1, 0.15) is 12.4 Å². The van der Waals surface area contributed by atoms with E-state index in [-0.39, 0.29) is 11.8 Å². The van der Waals surface area contributed by atoms with E-state index in [4.69, 9.17) is 4.74 Å². The number of fused-ring (bicyclic) bond motifs is 1. The Balaban J connectivity index is 1.70. The molecule has 4 heteroatoms. The number of aryl methyl sites for hydroxylation is 1. The van der Waals surface area contributed by atoms with Gasteiger partial charge in [0.2, 0.25) is 5.91 Å². The third-order valence-electron chi connectivity index (χ3n) is 3.69. The van der Waals surface area contributed by atoms with Crippen molar-refractivity contribution < 1.29 is 9.53 Å². The third kappa shape index (κ3) is 3.10. The maximum atomic E-state index is 12.4. The number of amides is 1. The van der Waals surface area contributed by atoms with Crippen LogP contribution < -0.4 is 10.1 Å². The summed E-state index contributed by atoms with van der Waals surface area (Å²) in [4.78, 5) is 12.4. The van der Waals surface area contributed by atoms with Crippen molar-refractivity contribution in [3.63, 3.8) is 0 Å². The molecule has 1 heterocycles. The van der Waals surface area contributed by atoms with Gasteiger partial charge < -0.3 is 10.1 Å². The van der Waals surface area contributed by atoms with Crippen LogP contribution in [0.5, 0.6) is 5.75 Å². The summed E-state index contributed by atoms with van der Waals surface area (Å²) in [6, 6.07) is 13.7. The van der Waals surface area contributed by atoms with Gasteiger partial charge in [-0.3, -0.25) is 4.79 Å². The van der Waals surface area contributed by atoms with Gasteiger partial charge in [-0.25, -0.2) is 0 Å². The van der Waals surface area contributed by atoms with Crippen molar-refractivity contribution in [1.29, 1.82) is 0 Å². The third-order valence-corrected chi connectivity index (χ3v) is 4.54. The molecule has 1 atom stereocenters. The highest BCUT2D eigenvalue weighted by molar-refractivity contribution is 9.10. The highest BCUT2D eigenvalue weighted by atomic mass is 79.9. The summed E-state index contributed by atoms with van der Waals surface area (Å²) in [6.07, 6.45) is 0.717. The molecule has 0 fully saturated rings. The van der Waals surface area contributed by atoms with Crippen LogP contribution in [-0.4, -0.2) is 12.5 Å². The summed E-state index contributed by atoms with van der Waals surface area (Å²) in [5, 5.41) is 2.96. The lowest BCUT2D eigenvalue weighted by atomic mass is 9.96. The standard InChI is InChI=1S/C17H16BrNO2/c1-11-6-7-14(9-15(11)18)19-17(20)13-8-12-4-2-3-5-16(12)21-10-13/h2-7,9,13H,8,10H2,1H3,(H,19,20). The topological polar surface area (TPSA) is 38.3 Å². The number of hydrogen-bond acceptors (Lipinski definition) is 2. The Hall–Kier alpha value is -1.81. The second-order valence-corrected chi connectivity index (χ2v) is 6.13. The smallest absolute Gasteiger partial charge is 0.231 e. The molecule has 0 spiro atoms. The van der Waals surface area contributed by atoms with Crippen LogP contribution >= 0.6 is 15.9 Å². The molecule has 2 aromatic rings. The molecule has 1 unspecified atom stereocenters. The molecule has 0 saturated heterocycles. The number of carbonyl (C=O) groups excluding carboxylic acids is 1. The van der Waals surface area contributed by atoms with Gasteiger partial charge in [0.25, 0.3) is 0 Å². The van der Waals surface area contributed by atoms with Crippen molar-refractivity contribution in [2.45, 2.75) is 13.3 Å². The predicted molar refractivity (Wildman–Crippen MR) is 86.6 cm³/mol. The van der Waals surface area contributed by atoms with Gasteiger partial charge in [-0.1, -0.05) is 40.2 Å². The van der Waals surface area contributed by atoms with E-state index in [1.807, 2.05) is 49.4 Å². The van der Waals surface area contributed by atoms with Gasteiger partial charge in [-0.2, -0.15) is 0 Å². The van der Waals surface area contributed by atoms with Crippen molar-refractivity contribution >= 4 is 27.5 Å². The zero-order valence-corrected chi connectivity index (χ0v) is 13.3. The normalized spacial score (nSPS) is 16.8. The Labute approximate surface area is 132 Å². The highest BCUT2D eigenvalue weighted by Crippen LogP contribution is 2.28. The molecular formula is C17H16BrNO2. The molecule has 1 aliphatic rings. The van der Waals surface area contributed by atoms with E-state index in [1.54, 1.807) is 0 Å². The number of anilines is 1. The molecule has 1 N–H and O–H groups in total. The van der Waals surface area contributed by atoms with E-state index in [2.05, 4.69) is 21.2 Å². The molecule has 1 aliphatic heterocycles. The van der Waals surface area contributed by atoms with Gasteiger partial charge in [0.15, 0.2) is 0 Å². The number of benzene rings is 2. The van der Waals surface area contributed by atoms with Crippen LogP contribution in [0, 0.1) is 12.8 Å². The van der Waals surface area contributed by atoms with Gasteiger partial charge in [-0.15, -0.1) is 0 Å². The highest BCUT2D eigenvalue weighted by Gasteiger charge is 2.25. The first-order chi connectivity index (χ1) is 10.1. The van der Waals surface area contributed by atoms with Gasteiger partial charge in [0.05, 0.1) is 5.92 Å². The molecule has 108 valence electrons. The molecule has 21 heavy (non-hydrogen) atoms. The van der Waals surface area contributed by atoms with Gasteiger partial charge >= 0.3 is 0 Å². The van der Waals surface area contributed by atoms with E-state index in [1.165, 1.54) is 0 Å². The van der Waals surface area contributed by atoms with Crippen LogP contribution in [0.1, 0.15) is 11.1 Å². The number of carbonyl (C=O) groups is 1. The predicted octanol–water partition coefficient (Wildman–Crippen LogP) is 3.95. The molecule has 1 amide bonds. The Kier molecular flexibility index (Phi) is 3.97. The van der Waals surface area contributed by atoms with Crippen LogP contribution in [-0.2, 0) is 11.2 Å². The summed E-state index contributed by atoms with van der Waals surface area (Å²) >= 11 is 3.48. The van der Waals surface area contributed by atoms with E-state index in [0.29, 0.717) is 6.61 Å². The van der Waals surface area contributed by atoms with Crippen molar-refractivity contribution in [3.8, 4) is 5.75 Å². The van der Waals surface area contributed by atoms with Crippen LogP contribution in [0.4, 0.5) is 5.69 Å². The van der Waals surface area contributed by atoms with Crippen molar-refractivity contribution in [2.24, 2.45) is 5.92 Å². The van der Waals surface area contributed by atoms with Gasteiger partial charge in [-0.05, 0) is 42.7 Å². The van der Waals surface area contributed by atoms with Crippen LogP contribution in [0.2, 0.25) is 0 Å². The number of halogens is 1. The molecule has 3 nitrogen and oxygen atoms in total. The minimum atomic E-state index is -0.153. The molecule has 0 bridgehead atoms. The minimum Gasteiger partial charge on any atom is -0.492 e. The monoisotopic (exact) mass is 345 g/mol. The SMILES string of the molecule is Cc1ccc(NC(=O)C2COc3ccccc3C2)cc1Br. The average Bonchev–Trinajstić information content (AvgIpc) is 2.50. The fraction of sp³-hybridized carbons (Fsp3) is 0.235. The zero-order chi connectivity index (χ0) is 14.8. The number of hydrogen-bond donors (Lipinski definition) is 1. The Morgan fingerprint density at radius 2 is 2.10 bits per heavy atom. The number of rotatable bonds is 2. The van der Waals surface area contributed by atoms with Crippen LogP contribution in [0.3, 0.4) is 0 Å². The zero-order valence-electron chi connectivity index (χ0n) is 11.7. The summed E-state index contributed by atoms with van der Waals surface area (Å²) < 4.78 is 6.66. The van der Waals surface area contributed by atoms with Crippen molar-refractivity contribution in [2.75, 3.05) is 11.9 Å². The lowest BCUT2D eigenvalue weighted by Crippen LogP contribution is -2.32. The fourth-order valence-corrected chi connectivity index (χ4v) is 2.79. The first-order valence-corrected chi connectivity index (χ1v) is 7.70. The second kappa shape index (κ2) is 5.90. The Morgan fingerprint density at radius 1 is 1.29 bits per heavy atom. The quantitative estimate of drug-likeness (QED) is 0.894. The molecule has 3 rings (SSSR count). The van der Waals surface area contributed by atoms with E-state index in [9.17, 15) is 4.79 Å². The average molecular weight is 346 g/mol. The van der Waals surface area contributed by atoms with Gasteiger partial charge in [0, 0.05) is 10.2 Å². The first kappa shape index (κ1) is 14.1. The minimum absolute atomic E-state index is 0.000237. The molecule has 0 aromatic heterocycles. The number of nitrogens with one attached hydrogen (secondary N) is 1. The van der Waals surface area contributed by atoms with E-state index in [0.717, 1.165) is 33.5 Å². The maximum Gasteiger partial charge on any atom is 0.231 e.